The van der Waals surface area contributed by atoms with Crippen LogP contribution in [-0.2, 0) is 6.61 Å². The van der Waals surface area contributed by atoms with Crippen molar-refractivity contribution in [1.29, 1.82) is 0 Å². The Hall–Kier alpha value is -1.09. The number of rotatable bonds is 2. The molecule has 2 nitrogen and oxygen atoms in total. The molecule has 2 unspecified atom stereocenters. The Kier molecular flexibility index (Phi) is 3.74. The summed E-state index contributed by atoms with van der Waals surface area (Å²) >= 11 is 0. The first-order chi connectivity index (χ1) is 9.26. The summed E-state index contributed by atoms with van der Waals surface area (Å²) in [6.45, 7) is 1.99. The van der Waals surface area contributed by atoms with Crippen LogP contribution in [-0.4, -0.2) is 18.2 Å². The van der Waals surface area contributed by atoms with Crippen LogP contribution >= 0.6 is 0 Å². The van der Waals surface area contributed by atoms with Crippen molar-refractivity contribution in [2.24, 2.45) is 11.8 Å². The molecule has 1 aromatic rings. The molecule has 3 heteroatoms. The van der Waals surface area contributed by atoms with Gasteiger partial charge >= 0.3 is 0 Å². The van der Waals surface area contributed by atoms with Crippen LogP contribution < -0.4 is 4.90 Å². The molecule has 104 valence electrons. The number of aliphatic hydroxyl groups is 1. The van der Waals surface area contributed by atoms with E-state index in [1.807, 2.05) is 6.07 Å². The number of piperidine rings is 1. The first-order valence-corrected chi connectivity index (χ1v) is 7.41. The Morgan fingerprint density at radius 3 is 2.68 bits per heavy atom. The number of benzene rings is 1. The van der Waals surface area contributed by atoms with Crippen LogP contribution in [0.1, 0.15) is 37.7 Å². The Bertz CT molecular complexity index is 448. The Morgan fingerprint density at radius 1 is 1.11 bits per heavy atom. The summed E-state index contributed by atoms with van der Waals surface area (Å²) in [5.74, 6) is 1.42. The van der Waals surface area contributed by atoms with Crippen molar-refractivity contribution in [2.45, 2.75) is 38.7 Å². The lowest BCUT2D eigenvalue weighted by Crippen LogP contribution is -2.41. The zero-order valence-corrected chi connectivity index (χ0v) is 11.3. The lowest BCUT2D eigenvalue weighted by Gasteiger charge is -2.42. The number of anilines is 1. The SMILES string of the molecule is OCc1cc(F)cc(N2CCC3CCCCC3C2)c1. The maximum Gasteiger partial charge on any atom is 0.125 e. The minimum Gasteiger partial charge on any atom is -0.392 e. The van der Waals surface area contributed by atoms with Crippen LogP contribution in [0.25, 0.3) is 0 Å². The molecule has 1 N–H and O–H groups in total. The third-order valence-corrected chi connectivity index (χ3v) is 4.78. The van der Waals surface area contributed by atoms with Crippen molar-refractivity contribution in [3.05, 3.63) is 29.6 Å². The molecule has 0 radical (unpaired) electrons. The maximum absolute atomic E-state index is 13.6. The van der Waals surface area contributed by atoms with Gasteiger partial charge in [0.05, 0.1) is 6.61 Å². The molecule has 0 amide bonds. The molecule has 2 fully saturated rings. The van der Waals surface area contributed by atoms with Gasteiger partial charge in [-0.2, -0.15) is 0 Å². The summed E-state index contributed by atoms with van der Waals surface area (Å²) in [5.41, 5.74) is 1.61. The Balaban J connectivity index is 1.77. The van der Waals surface area contributed by atoms with Crippen LogP contribution in [0.5, 0.6) is 0 Å². The van der Waals surface area contributed by atoms with E-state index < -0.39 is 0 Å². The molecule has 1 aliphatic carbocycles. The van der Waals surface area contributed by atoms with Crippen LogP contribution in [0.4, 0.5) is 10.1 Å². The van der Waals surface area contributed by atoms with Crippen LogP contribution in [0.3, 0.4) is 0 Å². The second-order valence-electron chi connectivity index (χ2n) is 6.02. The van der Waals surface area contributed by atoms with E-state index in [-0.39, 0.29) is 12.4 Å². The van der Waals surface area contributed by atoms with Crippen molar-refractivity contribution in [3.63, 3.8) is 0 Å². The molecule has 1 saturated carbocycles. The third kappa shape index (κ3) is 2.76. The molecule has 1 saturated heterocycles. The van der Waals surface area contributed by atoms with Gasteiger partial charge in [-0.05, 0) is 48.4 Å². The number of aliphatic hydroxyl groups excluding tert-OH is 1. The van der Waals surface area contributed by atoms with Gasteiger partial charge in [-0.3, -0.25) is 0 Å². The van der Waals surface area contributed by atoms with Gasteiger partial charge in [-0.1, -0.05) is 19.3 Å². The fraction of sp³-hybridized carbons (Fsp3) is 0.625. The predicted molar refractivity (Wildman–Crippen MR) is 74.6 cm³/mol. The first kappa shape index (κ1) is 12.9. The van der Waals surface area contributed by atoms with Crippen molar-refractivity contribution < 1.29 is 9.50 Å². The van der Waals surface area contributed by atoms with Crippen molar-refractivity contribution in [2.75, 3.05) is 18.0 Å². The Morgan fingerprint density at radius 2 is 1.89 bits per heavy atom. The predicted octanol–water partition coefficient (Wildman–Crippen LogP) is 3.33. The average molecular weight is 263 g/mol. The van der Waals surface area contributed by atoms with E-state index in [1.54, 1.807) is 6.07 Å². The monoisotopic (exact) mass is 263 g/mol. The molecule has 2 aliphatic rings. The molecular weight excluding hydrogens is 241 g/mol. The van der Waals surface area contributed by atoms with Gasteiger partial charge in [-0.15, -0.1) is 0 Å². The van der Waals surface area contributed by atoms with Crippen molar-refractivity contribution >= 4 is 5.69 Å². The summed E-state index contributed by atoms with van der Waals surface area (Å²) in [4.78, 5) is 2.30. The lowest BCUT2D eigenvalue weighted by molar-refractivity contribution is 0.202. The van der Waals surface area contributed by atoms with Crippen LogP contribution in [0.15, 0.2) is 18.2 Å². The summed E-state index contributed by atoms with van der Waals surface area (Å²) in [6, 6.07) is 4.94. The topological polar surface area (TPSA) is 23.5 Å². The minimum atomic E-state index is -0.243. The molecule has 0 bridgehead atoms. The summed E-state index contributed by atoms with van der Waals surface area (Å²) in [5, 5.41) is 9.19. The van der Waals surface area contributed by atoms with Gasteiger partial charge in [0.15, 0.2) is 0 Å². The first-order valence-electron chi connectivity index (χ1n) is 7.41. The van der Waals surface area contributed by atoms with Crippen LogP contribution in [0.2, 0.25) is 0 Å². The van der Waals surface area contributed by atoms with E-state index in [4.69, 9.17) is 0 Å². The summed E-state index contributed by atoms with van der Waals surface area (Å²) < 4.78 is 13.6. The quantitative estimate of drug-likeness (QED) is 0.884. The van der Waals surface area contributed by atoms with Gasteiger partial charge < -0.3 is 10.0 Å². The smallest absolute Gasteiger partial charge is 0.125 e. The largest absolute Gasteiger partial charge is 0.392 e. The average Bonchev–Trinajstić information content (AvgIpc) is 2.46. The van der Waals surface area contributed by atoms with Gasteiger partial charge in [0.25, 0.3) is 0 Å². The minimum absolute atomic E-state index is 0.0926. The number of halogens is 1. The highest BCUT2D eigenvalue weighted by molar-refractivity contribution is 5.49. The second-order valence-corrected chi connectivity index (χ2v) is 6.02. The van der Waals surface area contributed by atoms with E-state index >= 15 is 0 Å². The molecule has 2 atom stereocenters. The Labute approximate surface area is 114 Å². The zero-order valence-electron chi connectivity index (χ0n) is 11.3. The van der Waals surface area contributed by atoms with E-state index in [2.05, 4.69) is 4.90 Å². The highest BCUT2D eigenvalue weighted by Crippen LogP contribution is 2.37. The van der Waals surface area contributed by atoms with Gasteiger partial charge in [0, 0.05) is 18.8 Å². The van der Waals surface area contributed by atoms with Crippen molar-refractivity contribution in [1.82, 2.24) is 0 Å². The molecule has 19 heavy (non-hydrogen) atoms. The molecule has 1 aliphatic heterocycles. The molecule has 3 rings (SSSR count). The van der Waals surface area contributed by atoms with Crippen molar-refractivity contribution in [3.8, 4) is 0 Å². The van der Waals surface area contributed by atoms with Gasteiger partial charge in [0.2, 0.25) is 0 Å². The van der Waals surface area contributed by atoms with E-state index in [1.165, 1.54) is 38.2 Å². The molecule has 0 aromatic heterocycles. The second kappa shape index (κ2) is 5.49. The molecule has 1 heterocycles. The number of fused-ring (bicyclic) bond motifs is 1. The van der Waals surface area contributed by atoms with Gasteiger partial charge in [0.1, 0.15) is 5.82 Å². The summed E-state index contributed by atoms with van der Waals surface area (Å²) in [7, 11) is 0. The molecular formula is C16H22FNO. The highest BCUT2D eigenvalue weighted by atomic mass is 19.1. The highest BCUT2D eigenvalue weighted by Gasteiger charge is 2.31. The lowest BCUT2D eigenvalue weighted by atomic mass is 9.75. The van der Waals surface area contributed by atoms with Gasteiger partial charge in [-0.25, -0.2) is 4.39 Å². The molecule has 0 spiro atoms. The maximum atomic E-state index is 13.6. The third-order valence-electron chi connectivity index (χ3n) is 4.78. The van der Waals surface area contributed by atoms with E-state index in [0.717, 1.165) is 30.6 Å². The number of nitrogens with zero attached hydrogens (tertiary/aromatic N) is 1. The fourth-order valence-electron chi connectivity index (χ4n) is 3.74. The zero-order chi connectivity index (χ0) is 13.2. The van der Waals surface area contributed by atoms with Crippen LogP contribution in [0, 0.1) is 17.7 Å². The summed E-state index contributed by atoms with van der Waals surface area (Å²) in [6.07, 6.45) is 6.67. The number of hydrogen-bond donors (Lipinski definition) is 1. The van der Waals surface area contributed by atoms with E-state index in [0.29, 0.717) is 5.56 Å². The fourth-order valence-corrected chi connectivity index (χ4v) is 3.74. The number of hydrogen-bond acceptors (Lipinski definition) is 2. The standard InChI is InChI=1S/C16H22FNO/c17-15-7-12(11-19)8-16(9-15)18-6-5-13-3-1-2-4-14(13)10-18/h7-9,13-14,19H,1-6,10-11H2. The normalized spacial score (nSPS) is 27.2. The molecule has 1 aromatic carbocycles. The van der Waals surface area contributed by atoms with E-state index in [9.17, 15) is 9.50 Å².